The highest BCUT2D eigenvalue weighted by Crippen LogP contribution is 2.21. The first kappa shape index (κ1) is 17.3. The number of thiophene rings is 1. The molecule has 1 aromatic heterocycles. The fraction of sp³-hybridized carbons (Fsp3) is 0.706. The molecular weight excluding hydrogens is 296 g/mol. The SMILES string of the molecule is CCN(Cc1cccs1)CC1CCN(C(=O)OC(C)(C)C)C1. The number of hydrogen-bond donors (Lipinski definition) is 0. The van der Waals surface area contributed by atoms with Gasteiger partial charge in [-0.2, -0.15) is 0 Å². The van der Waals surface area contributed by atoms with Crippen molar-refractivity contribution in [3.05, 3.63) is 22.4 Å². The molecule has 0 aliphatic carbocycles. The Balaban J connectivity index is 1.80. The molecule has 0 bridgehead atoms. The fourth-order valence-corrected chi connectivity index (χ4v) is 3.51. The van der Waals surface area contributed by atoms with Crippen LogP contribution in [-0.2, 0) is 11.3 Å². The molecule has 22 heavy (non-hydrogen) atoms. The van der Waals surface area contributed by atoms with E-state index in [1.54, 1.807) is 0 Å². The number of ether oxygens (including phenoxy) is 1. The monoisotopic (exact) mass is 324 g/mol. The van der Waals surface area contributed by atoms with Crippen LogP contribution in [0.5, 0.6) is 0 Å². The molecule has 1 aliphatic heterocycles. The van der Waals surface area contributed by atoms with Gasteiger partial charge >= 0.3 is 6.09 Å². The molecule has 1 saturated heterocycles. The summed E-state index contributed by atoms with van der Waals surface area (Å²) < 4.78 is 5.46. The van der Waals surface area contributed by atoms with Gasteiger partial charge in [-0.25, -0.2) is 4.79 Å². The highest BCUT2D eigenvalue weighted by molar-refractivity contribution is 7.09. The van der Waals surface area contributed by atoms with E-state index in [-0.39, 0.29) is 6.09 Å². The van der Waals surface area contributed by atoms with Crippen molar-refractivity contribution in [1.82, 2.24) is 9.80 Å². The Morgan fingerprint density at radius 2 is 2.27 bits per heavy atom. The summed E-state index contributed by atoms with van der Waals surface area (Å²) in [7, 11) is 0. The zero-order valence-electron chi connectivity index (χ0n) is 14.2. The molecule has 5 heteroatoms. The normalized spacial score (nSPS) is 19.0. The van der Waals surface area contributed by atoms with Crippen LogP contribution in [0.3, 0.4) is 0 Å². The standard InChI is InChI=1S/C17H28N2O2S/c1-5-18(13-15-7-6-10-22-15)11-14-8-9-19(12-14)16(20)21-17(2,3)4/h6-7,10,14H,5,8-9,11-13H2,1-4H3. The summed E-state index contributed by atoms with van der Waals surface area (Å²) >= 11 is 1.81. The van der Waals surface area contributed by atoms with Crippen LogP contribution in [0.4, 0.5) is 4.79 Å². The van der Waals surface area contributed by atoms with Gasteiger partial charge in [-0.1, -0.05) is 13.0 Å². The van der Waals surface area contributed by atoms with Crippen molar-refractivity contribution in [2.45, 2.75) is 46.3 Å². The van der Waals surface area contributed by atoms with Gasteiger partial charge in [-0.05, 0) is 51.1 Å². The van der Waals surface area contributed by atoms with E-state index in [0.29, 0.717) is 5.92 Å². The minimum Gasteiger partial charge on any atom is -0.444 e. The zero-order valence-corrected chi connectivity index (χ0v) is 15.0. The number of amides is 1. The molecule has 4 nitrogen and oxygen atoms in total. The van der Waals surface area contributed by atoms with E-state index in [1.807, 2.05) is 37.0 Å². The van der Waals surface area contributed by atoms with Crippen LogP contribution in [0.1, 0.15) is 39.0 Å². The first-order valence-corrected chi connectivity index (χ1v) is 8.98. The van der Waals surface area contributed by atoms with E-state index >= 15 is 0 Å². The molecule has 0 saturated carbocycles. The number of carbonyl (C=O) groups excluding carboxylic acids is 1. The Bertz CT molecular complexity index is 468. The van der Waals surface area contributed by atoms with Crippen LogP contribution in [0.25, 0.3) is 0 Å². The smallest absolute Gasteiger partial charge is 0.410 e. The van der Waals surface area contributed by atoms with Crippen LogP contribution >= 0.6 is 11.3 Å². The number of rotatable bonds is 5. The third kappa shape index (κ3) is 5.29. The molecule has 0 N–H and O–H groups in total. The van der Waals surface area contributed by atoms with E-state index in [9.17, 15) is 4.79 Å². The molecule has 0 radical (unpaired) electrons. The molecule has 1 fully saturated rings. The van der Waals surface area contributed by atoms with Crippen LogP contribution < -0.4 is 0 Å². The summed E-state index contributed by atoms with van der Waals surface area (Å²) in [6.07, 6.45) is 0.900. The van der Waals surface area contributed by atoms with Gasteiger partial charge in [-0.15, -0.1) is 11.3 Å². The van der Waals surface area contributed by atoms with Crippen molar-refractivity contribution in [1.29, 1.82) is 0 Å². The first-order valence-electron chi connectivity index (χ1n) is 8.10. The average Bonchev–Trinajstić information content (AvgIpc) is 3.07. The minimum atomic E-state index is -0.413. The summed E-state index contributed by atoms with van der Waals surface area (Å²) in [6, 6.07) is 4.29. The maximum Gasteiger partial charge on any atom is 0.410 e. The summed E-state index contributed by atoms with van der Waals surface area (Å²) in [5.74, 6) is 0.549. The van der Waals surface area contributed by atoms with Crippen LogP contribution in [0, 0.1) is 5.92 Å². The number of hydrogen-bond acceptors (Lipinski definition) is 4. The van der Waals surface area contributed by atoms with Crippen molar-refractivity contribution >= 4 is 17.4 Å². The van der Waals surface area contributed by atoms with Crippen LogP contribution in [0.15, 0.2) is 17.5 Å². The second-order valence-electron chi connectivity index (χ2n) is 6.99. The van der Waals surface area contributed by atoms with Crippen molar-refractivity contribution in [2.24, 2.45) is 5.92 Å². The van der Waals surface area contributed by atoms with Gasteiger partial charge in [-0.3, -0.25) is 4.90 Å². The molecule has 0 spiro atoms. The third-order valence-electron chi connectivity index (χ3n) is 3.86. The lowest BCUT2D eigenvalue weighted by atomic mass is 10.1. The van der Waals surface area contributed by atoms with Crippen molar-refractivity contribution in [2.75, 3.05) is 26.2 Å². The highest BCUT2D eigenvalue weighted by Gasteiger charge is 2.30. The van der Waals surface area contributed by atoms with Crippen molar-refractivity contribution < 1.29 is 9.53 Å². The van der Waals surface area contributed by atoms with Gasteiger partial charge < -0.3 is 9.64 Å². The lowest BCUT2D eigenvalue weighted by Gasteiger charge is -2.26. The number of carbonyl (C=O) groups is 1. The summed E-state index contributed by atoms with van der Waals surface area (Å²) in [5.41, 5.74) is -0.413. The molecule has 2 rings (SSSR count). The molecule has 1 aliphatic rings. The van der Waals surface area contributed by atoms with E-state index in [0.717, 1.165) is 39.1 Å². The van der Waals surface area contributed by atoms with Gasteiger partial charge in [0.25, 0.3) is 0 Å². The van der Waals surface area contributed by atoms with E-state index in [1.165, 1.54) is 4.88 Å². The molecule has 124 valence electrons. The Morgan fingerprint density at radius 1 is 1.50 bits per heavy atom. The van der Waals surface area contributed by atoms with E-state index in [2.05, 4.69) is 29.3 Å². The first-order chi connectivity index (χ1) is 10.4. The van der Waals surface area contributed by atoms with Gasteiger partial charge in [0.1, 0.15) is 5.60 Å². The fourth-order valence-electron chi connectivity index (χ4n) is 2.77. The van der Waals surface area contributed by atoms with Gasteiger partial charge in [0.05, 0.1) is 0 Å². The van der Waals surface area contributed by atoms with E-state index < -0.39 is 5.60 Å². The maximum absolute atomic E-state index is 12.1. The van der Waals surface area contributed by atoms with Crippen molar-refractivity contribution in [3.63, 3.8) is 0 Å². The Kier molecular flexibility index (Phi) is 5.87. The predicted molar refractivity (Wildman–Crippen MR) is 91.2 cm³/mol. The molecule has 0 aromatic carbocycles. The predicted octanol–water partition coefficient (Wildman–Crippen LogP) is 3.83. The average molecular weight is 324 g/mol. The van der Waals surface area contributed by atoms with Crippen molar-refractivity contribution in [3.8, 4) is 0 Å². The molecule has 2 heterocycles. The largest absolute Gasteiger partial charge is 0.444 e. The second kappa shape index (κ2) is 7.47. The zero-order chi connectivity index (χ0) is 16.2. The lowest BCUT2D eigenvalue weighted by Crippen LogP contribution is -2.36. The molecule has 1 atom stereocenters. The molecule has 1 aromatic rings. The highest BCUT2D eigenvalue weighted by atomic mass is 32.1. The van der Waals surface area contributed by atoms with Crippen LogP contribution in [-0.4, -0.2) is 47.7 Å². The summed E-state index contributed by atoms with van der Waals surface area (Å²) in [6.45, 7) is 12.7. The molecule has 1 amide bonds. The molecular formula is C17H28N2O2S. The van der Waals surface area contributed by atoms with Gasteiger partial charge in [0, 0.05) is 31.1 Å². The van der Waals surface area contributed by atoms with Gasteiger partial charge in [0.2, 0.25) is 0 Å². The second-order valence-corrected chi connectivity index (χ2v) is 8.02. The maximum atomic E-state index is 12.1. The van der Waals surface area contributed by atoms with Gasteiger partial charge in [0.15, 0.2) is 0 Å². The lowest BCUT2D eigenvalue weighted by molar-refractivity contribution is 0.0285. The summed E-state index contributed by atoms with van der Waals surface area (Å²) in [5, 5.41) is 2.13. The Morgan fingerprint density at radius 3 is 2.86 bits per heavy atom. The Labute approximate surface area is 138 Å². The quantitative estimate of drug-likeness (QED) is 0.825. The topological polar surface area (TPSA) is 32.8 Å². The number of nitrogens with zero attached hydrogens (tertiary/aromatic N) is 2. The van der Waals surface area contributed by atoms with E-state index in [4.69, 9.17) is 4.74 Å². The summed E-state index contributed by atoms with van der Waals surface area (Å²) in [4.78, 5) is 17.8. The Hall–Kier alpha value is -1.07. The minimum absolute atomic E-state index is 0.170. The van der Waals surface area contributed by atoms with Crippen LogP contribution in [0.2, 0.25) is 0 Å². The molecule has 1 unspecified atom stereocenters. The third-order valence-corrected chi connectivity index (χ3v) is 4.72. The number of likely N-dealkylation sites (tertiary alicyclic amines) is 1.